The first-order valence-corrected chi connectivity index (χ1v) is 5.68. The number of ether oxygens (including phenoxy) is 1. The third-order valence-corrected chi connectivity index (χ3v) is 2.43. The van der Waals surface area contributed by atoms with Gasteiger partial charge in [-0.15, -0.1) is 23.7 Å². The summed E-state index contributed by atoms with van der Waals surface area (Å²) in [6.45, 7) is 6.04. The van der Waals surface area contributed by atoms with Gasteiger partial charge in [0, 0.05) is 11.8 Å². The summed E-state index contributed by atoms with van der Waals surface area (Å²) in [6.07, 6.45) is 0.702. The Morgan fingerprint density at radius 1 is 1.56 bits per heavy atom. The average molecular weight is 265 g/mol. The number of carbonyl (C=O) groups excluding carboxylic acids is 1. The van der Waals surface area contributed by atoms with Gasteiger partial charge in [0.25, 0.3) is 0 Å². The molecule has 16 heavy (non-hydrogen) atoms. The summed E-state index contributed by atoms with van der Waals surface area (Å²) in [5.41, 5.74) is 5.29. The van der Waals surface area contributed by atoms with Gasteiger partial charge in [-0.2, -0.15) is 0 Å². The number of hydrogen-bond acceptors (Lipinski definition) is 5. The van der Waals surface area contributed by atoms with E-state index in [4.69, 9.17) is 10.5 Å². The van der Waals surface area contributed by atoms with Crippen LogP contribution in [0.25, 0.3) is 0 Å². The van der Waals surface area contributed by atoms with Crippen LogP contribution in [-0.2, 0) is 11.2 Å². The Morgan fingerprint density at radius 2 is 2.19 bits per heavy atom. The van der Waals surface area contributed by atoms with Crippen molar-refractivity contribution in [2.45, 2.75) is 32.8 Å². The summed E-state index contributed by atoms with van der Waals surface area (Å²) in [4.78, 5) is 15.7. The zero-order chi connectivity index (χ0) is 11.5. The van der Waals surface area contributed by atoms with E-state index in [1.165, 1.54) is 11.3 Å². The molecule has 92 valence electrons. The lowest BCUT2D eigenvalue weighted by molar-refractivity contribution is 0.00635. The Bertz CT molecular complexity index is 347. The average Bonchev–Trinajstić information content (AvgIpc) is 2.50. The third kappa shape index (κ3) is 4.92. The molecule has 1 aromatic rings. The van der Waals surface area contributed by atoms with Crippen LogP contribution < -0.4 is 5.73 Å². The molecule has 0 radical (unpaired) electrons. The van der Waals surface area contributed by atoms with Gasteiger partial charge in [0.15, 0.2) is 5.69 Å². The minimum absolute atomic E-state index is 0. The molecule has 0 atom stereocenters. The number of esters is 1. The SMILES string of the molecule is CC(C)(C)OC(=O)c1csc(CCN)n1.Cl. The molecule has 0 aliphatic rings. The Kier molecular flexibility index (Phi) is 5.92. The Balaban J connectivity index is 0.00000225. The van der Waals surface area contributed by atoms with Gasteiger partial charge in [-0.05, 0) is 27.3 Å². The number of nitrogens with zero attached hydrogens (tertiary/aromatic N) is 1. The molecule has 0 saturated heterocycles. The zero-order valence-corrected chi connectivity index (χ0v) is 11.3. The molecule has 0 amide bonds. The van der Waals surface area contributed by atoms with Gasteiger partial charge >= 0.3 is 5.97 Å². The Morgan fingerprint density at radius 3 is 2.69 bits per heavy atom. The fourth-order valence-corrected chi connectivity index (χ4v) is 1.76. The van der Waals surface area contributed by atoms with Gasteiger partial charge in [0.2, 0.25) is 0 Å². The molecule has 0 saturated carbocycles. The van der Waals surface area contributed by atoms with Gasteiger partial charge in [-0.3, -0.25) is 0 Å². The highest BCUT2D eigenvalue weighted by Crippen LogP contribution is 2.15. The maximum Gasteiger partial charge on any atom is 0.358 e. The van der Waals surface area contributed by atoms with E-state index in [1.807, 2.05) is 20.8 Å². The van der Waals surface area contributed by atoms with Crippen LogP contribution in [0.15, 0.2) is 5.38 Å². The minimum Gasteiger partial charge on any atom is -0.455 e. The van der Waals surface area contributed by atoms with Crippen molar-refractivity contribution < 1.29 is 9.53 Å². The second-order valence-corrected chi connectivity index (χ2v) is 5.11. The molecule has 0 aliphatic carbocycles. The lowest BCUT2D eigenvalue weighted by Crippen LogP contribution is -2.24. The van der Waals surface area contributed by atoms with E-state index >= 15 is 0 Å². The van der Waals surface area contributed by atoms with Crippen LogP contribution >= 0.6 is 23.7 Å². The van der Waals surface area contributed by atoms with Gasteiger partial charge in [-0.1, -0.05) is 0 Å². The highest BCUT2D eigenvalue weighted by Gasteiger charge is 2.19. The molecule has 0 aliphatic heterocycles. The minimum atomic E-state index is -0.477. The van der Waals surface area contributed by atoms with Crippen molar-refractivity contribution in [2.75, 3.05) is 6.54 Å². The highest BCUT2D eigenvalue weighted by molar-refractivity contribution is 7.09. The second-order valence-electron chi connectivity index (χ2n) is 4.17. The molecule has 0 fully saturated rings. The van der Waals surface area contributed by atoms with Crippen LogP contribution in [0, 0.1) is 0 Å². The van der Waals surface area contributed by atoms with Gasteiger partial charge in [-0.25, -0.2) is 9.78 Å². The van der Waals surface area contributed by atoms with E-state index in [9.17, 15) is 4.79 Å². The smallest absolute Gasteiger partial charge is 0.358 e. The summed E-state index contributed by atoms with van der Waals surface area (Å²) in [5.74, 6) is -0.373. The zero-order valence-electron chi connectivity index (χ0n) is 9.65. The monoisotopic (exact) mass is 264 g/mol. The van der Waals surface area contributed by atoms with Crippen LogP contribution in [0.4, 0.5) is 0 Å². The largest absolute Gasteiger partial charge is 0.455 e. The number of aromatic nitrogens is 1. The number of nitrogens with two attached hydrogens (primary N) is 1. The molecule has 0 bridgehead atoms. The topological polar surface area (TPSA) is 65.2 Å². The molecule has 1 heterocycles. The van der Waals surface area contributed by atoms with Crippen molar-refractivity contribution in [1.82, 2.24) is 4.98 Å². The van der Waals surface area contributed by atoms with Crippen molar-refractivity contribution >= 4 is 29.7 Å². The third-order valence-electron chi connectivity index (χ3n) is 1.52. The standard InChI is InChI=1S/C10H16N2O2S.ClH/c1-10(2,3)14-9(13)7-6-15-8(12-7)4-5-11;/h6H,4-5,11H2,1-3H3;1H. The summed E-state index contributed by atoms with van der Waals surface area (Å²) in [5, 5.41) is 2.58. The summed E-state index contributed by atoms with van der Waals surface area (Å²) < 4.78 is 5.19. The van der Waals surface area contributed by atoms with E-state index in [0.29, 0.717) is 18.7 Å². The Labute approximate surface area is 106 Å². The van der Waals surface area contributed by atoms with Crippen LogP contribution in [0.3, 0.4) is 0 Å². The fourth-order valence-electron chi connectivity index (χ4n) is 0.973. The molecule has 0 unspecified atom stereocenters. The molecule has 6 heteroatoms. The first-order chi connectivity index (χ1) is 6.92. The van der Waals surface area contributed by atoms with Crippen molar-refractivity contribution in [3.63, 3.8) is 0 Å². The number of hydrogen-bond donors (Lipinski definition) is 1. The van der Waals surface area contributed by atoms with E-state index in [-0.39, 0.29) is 18.4 Å². The van der Waals surface area contributed by atoms with Crippen molar-refractivity contribution in [3.8, 4) is 0 Å². The van der Waals surface area contributed by atoms with Gasteiger partial charge < -0.3 is 10.5 Å². The predicted octanol–water partition coefficient (Wildman–Crippen LogP) is 2.02. The molecule has 0 spiro atoms. The molecule has 0 aromatic carbocycles. The molecule has 1 aromatic heterocycles. The van der Waals surface area contributed by atoms with Crippen LogP contribution in [0.2, 0.25) is 0 Å². The Hall–Kier alpha value is -0.650. The first-order valence-electron chi connectivity index (χ1n) is 4.80. The highest BCUT2D eigenvalue weighted by atomic mass is 35.5. The van der Waals surface area contributed by atoms with E-state index in [0.717, 1.165) is 5.01 Å². The first kappa shape index (κ1) is 15.3. The second kappa shape index (κ2) is 6.18. The lowest BCUT2D eigenvalue weighted by Gasteiger charge is -2.18. The summed E-state index contributed by atoms with van der Waals surface area (Å²) in [6, 6.07) is 0. The van der Waals surface area contributed by atoms with Gasteiger partial charge in [0.1, 0.15) is 5.60 Å². The van der Waals surface area contributed by atoms with Crippen molar-refractivity contribution in [1.29, 1.82) is 0 Å². The number of thiazole rings is 1. The van der Waals surface area contributed by atoms with E-state index < -0.39 is 5.60 Å². The number of carbonyl (C=O) groups is 1. The van der Waals surface area contributed by atoms with E-state index in [1.54, 1.807) is 5.38 Å². The molecular weight excluding hydrogens is 248 g/mol. The van der Waals surface area contributed by atoms with Crippen molar-refractivity contribution in [3.05, 3.63) is 16.1 Å². The molecule has 2 N–H and O–H groups in total. The van der Waals surface area contributed by atoms with E-state index in [2.05, 4.69) is 4.98 Å². The quantitative estimate of drug-likeness (QED) is 0.849. The summed E-state index contributed by atoms with van der Waals surface area (Å²) in [7, 11) is 0. The van der Waals surface area contributed by atoms with Crippen LogP contribution in [0.5, 0.6) is 0 Å². The maximum atomic E-state index is 11.6. The summed E-state index contributed by atoms with van der Waals surface area (Å²) >= 11 is 1.44. The fraction of sp³-hybridized carbons (Fsp3) is 0.600. The predicted molar refractivity (Wildman–Crippen MR) is 67.3 cm³/mol. The lowest BCUT2D eigenvalue weighted by atomic mass is 10.2. The number of halogens is 1. The maximum absolute atomic E-state index is 11.6. The number of rotatable bonds is 3. The van der Waals surface area contributed by atoms with Crippen LogP contribution in [-0.4, -0.2) is 23.1 Å². The molecule has 1 rings (SSSR count). The van der Waals surface area contributed by atoms with Crippen molar-refractivity contribution in [2.24, 2.45) is 5.73 Å². The van der Waals surface area contributed by atoms with Crippen LogP contribution in [0.1, 0.15) is 36.3 Å². The molecule has 4 nitrogen and oxygen atoms in total. The molecular formula is C10H17ClN2O2S. The normalized spacial score (nSPS) is 10.8. The van der Waals surface area contributed by atoms with Gasteiger partial charge in [0.05, 0.1) is 5.01 Å².